The lowest BCUT2D eigenvalue weighted by atomic mass is 9.97. The molecule has 20 nitrogen and oxygen atoms in total. The summed E-state index contributed by atoms with van der Waals surface area (Å²) in [5.41, 5.74) is -1.31. The number of aromatic hydroxyl groups is 3. The zero-order valence-corrected chi connectivity index (χ0v) is 28.8. The Bertz CT molecular complexity index is 1850. The molecule has 15 atom stereocenters. The molecule has 20 heteroatoms. The number of rotatable bonds is 9. The second-order valence-electron chi connectivity index (χ2n) is 13.3. The molecule has 3 fully saturated rings. The maximum absolute atomic E-state index is 14.2. The summed E-state index contributed by atoms with van der Waals surface area (Å²) in [6.07, 6.45) is -24.9. The summed E-state index contributed by atoms with van der Waals surface area (Å²) in [4.78, 5) is 14.2. The summed E-state index contributed by atoms with van der Waals surface area (Å²) in [5, 5.41) is 115. The highest BCUT2D eigenvalue weighted by Gasteiger charge is 2.52. The third-order valence-corrected chi connectivity index (χ3v) is 9.57. The van der Waals surface area contributed by atoms with Crippen molar-refractivity contribution in [2.24, 2.45) is 0 Å². The van der Waals surface area contributed by atoms with Crippen LogP contribution in [0.2, 0.25) is 0 Å². The third kappa shape index (κ3) is 7.41. The first-order valence-electron chi connectivity index (χ1n) is 16.8. The first-order chi connectivity index (χ1) is 25.5. The maximum atomic E-state index is 14.2. The van der Waals surface area contributed by atoms with Gasteiger partial charge in [-0.1, -0.05) is 0 Å². The molecule has 3 aliphatic heterocycles. The number of aliphatic hydroxyl groups excluding tert-OH is 8. The fourth-order valence-corrected chi connectivity index (χ4v) is 6.40. The average molecular weight is 771 g/mol. The number of ether oxygens (including phenoxy) is 7. The van der Waals surface area contributed by atoms with Crippen LogP contribution in [0.5, 0.6) is 28.7 Å². The van der Waals surface area contributed by atoms with E-state index in [1.54, 1.807) is 0 Å². The average Bonchev–Trinajstić information content (AvgIpc) is 3.13. The molecule has 11 N–H and O–H groups in total. The number of aliphatic hydroxyl groups is 8. The van der Waals surface area contributed by atoms with Gasteiger partial charge in [0.25, 0.3) is 0 Å². The van der Waals surface area contributed by atoms with Crippen molar-refractivity contribution in [3.63, 3.8) is 0 Å². The molecule has 0 bridgehead atoms. The van der Waals surface area contributed by atoms with E-state index in [0.29, 0.717) is 0 Å². The highest BCUT2D eigenvalue weighted by atomic mass is 16.8. The van der Waals surface area contributed by atoms with Crippen molar-refractivity contribution < 1.29 is 93.7 Å². The van der Waals surface area contributed by atoms with Gasteiger partial charge in [-0.3, -0.25) is 4.79 Å². The SMILES string of the molecule is COc1cc(-c2oc3cc(O)cc(O)c3c(=O)c2O[C@H]2O[C@H](CO[C@H]3O[C@@H](C)[C@H](O)[C@@H](O)[C@H]3O)[C@@H](O)[C@H](O)[C@H]2O[C@@H]2O[C@@H](C)[C@H](O)[C@@H](O)[C@H]2O)ccc1O. The lowest BCUT2D eigenvalue weighted by Crippen LogP contribution is -2.65. The van der Waals surface area contributed by atoms with E-state index in [1.165, 1.54) is 39.2 Å². The van der Waals surface area contributed by atoms with Crippen LogP contribution in [0, 0.1) is 0 Å². The molecule has 3 aliphatic rings. The zero-order valence-electron chi connectivity index (χ0n) is 28.8. The van der Waals surface area contributed by atoms with E-state index in [1.807, 2.05) is 0 Å². The number of hydrogen-bond donors (Lipinski definition) is 11. The van der Waals surface area contributed by atoms with Crippen molar-refractivity contribution in [3.8, 4) is 40.1 Å². The molecule has 298 valence electrons. The Kier molecular flexibility index (Phi) is 11.6. The Morgan fingerprint density at radius 1 is 0.685 bits per heavy atom. The number of fused-ring (bicyclic) bond motifs is 1. The molecule has 0 saturated carbocycles. The van der Waals surface area contributed by atoms with Crippen molar-refractivity contribution in [1.29, 1.82) is 0 Å². The van der Waals surface area contributed by atoms with Gasteiger partial charge in [-0.2, -0.15) is 0 Å². The van der Waals surface area contributed by atoms with E-state index in [2.05, 4.69) is 0 Å². The van der Waals surface area contributed by atoms with Crippen molar-refractivity contribution in [1.82, 2.24) is 0 Å². The van der Waals surface area contributed by atoms with Gasteiger partial charge in [0.2, 0.25) is 17.5 Å². The summed E-state index contributed by atoms with van der Waals surface area (Å²) in [7, 11) is 1.26. The van der Waals surface area contributed by atoms with Crippen LogP contribution in [0.25, 0.3) is 22.3 Å². The molecule has 54 heavy (non-hydrogen) atoms. The number of methoxy groups -OCH3 is 1. The summed E-state index contributed by atoms with van der Waals surface area (Å²) in [6.45, 7) is 2.09. The zero-order chi connectivity index (χ0) is 39.3. The van der Waals surface area contributed by atoms with Crippen LogP contribution < -0.4 is 14.9 Å². The van der Waals surface area contributed by atoms with E-state index in [0.717, 1.165) is 12.1 Å². The second kappa shape index (κ2) is 15.7. The van der Waals surface area contributed by atoms with Gasteiger partial charge in [0.15, 0.2) is 35.9 Å². The molecular formula is C34H42O20. The van der Waals surface area contributed by atoms with Crippen LogP contribution >= 0.6 is 0 Å². The van der Waals surface area contributed by atoms with E-state index in [9.17, 15) is 61.0 Å². The molecular weight excluding hydrogens is 728 g/mol. The van der Waals surface area contributed by atoms with E-state index >= 15 is 0 Å². The van der Waals surface area contributed by atoms with E-state index in [-0.39, 0.29) is 28.4 Å². The smallest absolute Gasteiger partial charge is 0.239 e. The Morgan fingerprint density at radius 3 is 1.96 bits per heavy atom. The quantitative estimate of drug-likeness (QED) is 0.107. The number of hydrogen-bond acceptors (Lipinski definition) is 20. The largest absolute Gasteiger partial charge is 0.508 e. The fraction of sp³-hybridized carbons (Fsp3) is 0.559. The lowest BCUT2D eigenvalue weighted by Gasteiger charge is -2.46. The Morgan fingerprint density at radius 2 is 1.31 bits per heavy atom. The molecule has 3 saturated heterocycles. The summed E-state index contributed by atoms with van der Waals surface area (Å²) < 4.78 is 45.6. The molecule has 0 amide bonds. The monoisotopic (exact) mass is 770 g/mol. The molecule has 0 spiro atoms. The first kappa shape index (κ1) is 39.8. The molecule has 6 rings (SSSR count). The van der Waals surface area contributed by atoms with Gasteiger partial charge in [0, 0.05) is 17.7 Å². The fourth-order valence-electron chi connectivity index (χ4n) is 6.40. The normalized spacial score (nSPS) is 37.3. The minimum Gasteiger partial charge on any atom is -0.508 e. The summed E-state index contributed by atoms with van der Waals surface area (Å²) in [6, 6.07) is 5.69. The minimum absolute atomic E-state index is 0.0468. The highest BCUT2D eigenvalue weighted by Crippen LogP contribution is 2.40. The summed E-state index contributed by atoms with van der Waals surface area (Å²) in [5.74, 6) is -2.63. The first-order valence-corrected chi connectivity index (χ1v) is 16.8. The van der Waals surface area contributed by atoms with Gasteiger partial charge in [-0.25, -0.2) is 0 Å². The van der Waals surface area contributed by atoms with Crippen LogP contribution in [0.1, 0.15) is 13.8 Å². The second-order valence-corrected chi connectivity index (χ2v) is 13.3. The van der Waals surface area contributed by atoms with Gasteiger partial charge in [0.1, 0.15) is 77.4 Å². The van der Waals surface area contributed by atoms with Crippen LogP contribution in [-0.2, 0) is 23.7 Å². The predicted octanol–water partition coefficient (Wildman–Crippen LogP) is -2.53. The van der Waals surface area contributed by atoms with Gasteiger partial charge in [-0.05, 0) is 32.0 Å². The van der Waals surface area contributed by atoms with Crippen molar-refractivity contribution in [2.45, 2.75) is 106 Å². The Hall–Kier alpha value is -3.87. The van der Waals surface area contributed by atoms with Crippen molar-refractivity contribution in [3.05, 3.63) is 40.6 Å². The Labute approximate surface area is 305 Å². The minimum atomic E-state index is -2.02. The number of benzene rings is 2. The highest BCUT2D eigenvalue weighted by molar-refractivity contribution is 5.88. The number of phenols is 3. The lowest BCUT2D eigenvalue weighted by molar-refractivity contribution is -0.360. The predicted molar refractivity (Wildman–Crippen MR) is 176 cm³/mol. The van der Waals surface area contributed by atoms with Gasteiger partial charge in [-0.15, -0.1) is 0 Å². The molecule has 1 aromatic heterocycles. The van der Waals surface area contributed by atoms with Crippen LogP contribution in [0.4, 0.5) is 0 Å². The van der Waals surface area contributed by atoms with Gasteiger partial charge < -0.3 is 93.7 Å². The standard InChI is InChI=1S/C34H42O20/c1-10-20(38)24(42)27(45)32(49-10)48-9-18-22(40)26(44)31(54-33-28(46)25(43)21(39)11(2)50-33)34(52-18)53-30-23(41)19-15(37)7-13(35)8-17(19)51-29(30)12-4-5-14(36)16(6-12)47-3/h4-8,10-11,18,20-22,24-28,31-40,42-46H,9H2,1-3H3/t10-,11-,18+,20-,21-,22+,24+,25+,26-,27+,28+,31+,32-,33-,34+/m0/s1. The molecule has 2 aromatic carbocycles. The van der Waals surface area contributed by atoms with E-state index < -0.39 is 127 Å². The molecule has 0 unspecified atom stereocenters. The van der Waals surface area contributed by atoms with E-state index in [4.69, 9.17) is 37.6 Å². The molecule has 0 radical (unpaired) electrons. The van der Waals surface area contributed by atoms with Crippen LogP contribution in [0.3, 0.4) is 0 Å². The Balaban J connectivity index is 1.41. The number of phenolic OH excluding ortho intramolecular Hbond substituents is 3. The van der Waals surface area contributed by atoms with Crippen molar-refractivity contribution in [2.75, 3.05) is 13.7 Å². The van der Waals surface area contributed by atoms with Crippen molar-refractivity contribution >= 4 is 11.0 Å². The van der Waals surface area contributed by atoms with Gasteiger partial charge >= 0.3 is 0 Å². The topological polar surface area (TPSA) is 317 Å². The summed E-state index contributed by atoms with van der Waals surface area (Å²) >= 11 is 0. The van der Waals surface area contributed by atoms with Crippen LogP contribution in [-0.4, -0.2) is 162 Å². The molecule has 0 aliphatic carbocycles. The maximum Gasteiger partial charge on any atom is 0.239 e. The molecule has 4 heterocycles. The molecule has 3 aromatic rings. The van der Waals surface area contributed by atoms with Crippen LogP contribution in [0.15, 0.2) is 39.5 Å². The van der Waals surface area contributed by atoms with Gasteiger partial charge in [0.05, 0.1) is 25.9 Å². The third-order valence-electron chi connectivity index (χ3n) is 9.57.